The lowest BCUT2D eigenvalue weighted by atomic mass is 9.83. The zero-order chi connectivity index (χ0) is 21.9. The lowest BCUT2D eigenvalue weighted by Crippen LogP contribution is -2.40. The van der Waals surface area contributed by atoms with E-state index in [0.29, 0.717) is 11.3 Å². The van der Waals surface area contributed by atoms with Gasteiger partial charge in [-0.05, 0) is 46.9 Å². The van der Waals surface area contributed by atoms with Gasteiger partial charge in [0.05, 0.1) is 17.9 Å². The molecule has 2 heterocycles. The Kier molecular flexibility index (Phi) is 6.03. The van der Waals surface area contributed by atoms with Gasteiger partial charge in [0.25, 0.3) is 5.56 Å². The van der Waals surface area contributed by atoms with Gasteiger partial charge in [0.15, 0.2) is 0 Å². The highest BCUT2D eigenvalue weighted by atomic mass is 32.2. The van der Waals surface area contributed by atoms with Gasteiger partial charge in [-0.2, -0.15) is 0 Å². The van der Waals surface area contributed by atoms with Gasteiger partial charge in [0.2, 0.25) is 10.0 Å². The quantitative estimate of drug-likeness (QED) is 0.681. The second-order valence-corrected chi connectivity index (χ2v) is 10.2. The molecule has 30 heavy (non-hydrogen) atoms. The van der Waals surface area contributed by atoms with Gasteiger partial charge in [-0.1, -0.05) is 51.1 Å². The van der Waals surface area contributed by atoms with Crippen LogP contribution in [0.4, 0.5) is 5.69 Å². The van der Waals surface area contributed by atoms with Crippen LogP contribution in [-0.4, -0.2) is 25.7 Å². The van der Waals surface area contributed by atoms with Crippen LogP contribution >= 0.6 is 0 Å². The number of allylic oxidation sites excluding steroid dienone is 3. The second kappa shape index (κ2) is 8.36. The molecule has 0 aliphatic carbocycles. The Morgan fingerprint density at radius 2 is 1.77 bits per heavy atom. The van der Waals surface area contributed by atoms with Crippen molar-refractivity contribution in [2.24, 2.45) is 5.41 Å². The molecule has 1 unspecified atom stereocenters. The van der Waals surface area contributed by atoms with E-state index in [4.69, 9.17) is 0 Å². The number of hydrogen-bond acceptors (Lipinski definition) is 4. The molecule has 0 saturated heterocycles. The molecule has 158 valence electrons. The van der Waals surface area contributed by atoms with E-state index in [1.54, 1.807) is 24.4 Å². The third-order valence-electron chi connectivity index (χ3n) is 4.70. The minimum absolute atomic E-state index is 0.0426. The highest BCUT2D eigenvalue weighted by molar-refractivity contribution is 7.92. The van der Waals surface area contributed by atoms with Crippen LogP contribution in [0.5, 0.6) is 0 Å². The molecular formula is C23H27N3O3S. The molecule has 0 amide bonds. The summed E-state index contributed by atoms with van der Waals surface area (Å²) in [6.07, 6.45) is 10.8. The zero-order valence-corrected chi connectivity index (χ0v) is 18.4. The van der Waals surface area contributed by atoms with Crippen molar-refractivity contribution >= 4 is 27.5 Å². The Morgan fingerprint density at radius 1 is 1.07 bits per heavy atom. The molecule has 0 radical (unpaired) electrons. The summed E-state index contributed by atoms with van der Waals surface area (Å²) < 4.78 is 25.1. The molecule has 7 heteroatoms. The number of dihydropyridines is 1. The van der Waals surface area contributed by atoms with Gasteiger partial charge >= 0.3 is 0 Å². The Bertz CT molecular complexity index is 1170. The number of aromatic amines is 1. The van der Waals surface area contributed by atoms with Crippen molar-refractivity contribution in [2.75, 3.05) is 11.0 Å². The topological polar surface area (TPSA) is 91.1 Å². The first-order valence-electron chi connectivity index (χ1n) is 9.65. The molecule has 3 rings (SSSR count). The number of nitrogens with one attached hydrogen (secondary N) is 3. The highest BCUT2D eigenvalue weighted by Crippen LogP contribution is 2.28. The lowest BCUT2D eigenvalue weighted by molar-refractivity contribution is 0.337. The third kappa shape index (κ3) is 5.73. The molecule has 1 aliphatic rings. The minimum Gasteiger partial charge on any atom is -0.378 e. The Hall–Kier alpha value is -3.06. The van der Waals surface area contributed by atoms with Crippen LogP contribution in [0.1, 0.15) is 31.9 Å². The SMILES string of the molecule is CC(C)(C)C1C=C(/C=C/c2ccc(NS(C)(=O)=O)cc2)C=C(c2ccc[nH]c2=O)N1. The maximum Gasteiger partial charge on any atom is 0.257 e. The molecule has 1 aromatic carbocycles. The van der Waals surface area contributed by atoms with Crippen molar-refractivity contribution in [1.82, 2.24) is 10.3 Å². The summed E-state index contributed by atoms with van der Waals surface area (Å²) in [5.41, 5.74) is 3.66. The number of anilines is 1. The smallest absolute Gasteiger partial charge is 0.257 e. The molecule has 0 saturated carbocycles. The maximum atomic E-state index is 12.3. The van der Waals surface area contributed by atoms with Crippen molar-refractivity contribution in [3.63, 3.8) is 0 Å². The number of benzene rings is 1. The second-order valence-electron chi connectivity index (χ2n) is 8.46. The molecule has 0 spiro atoms. The predicted octanol–water partition coefficient (Wildman–Crippen LogP) is 3.75. The van der Waals surface area contributed by atoms with E-state index in [1.165, 1.54) is 0 Å². The lowest BCUT2D eigenvalue weighted by Gasteiger charge is -2.33. The van der Waals surface area contributed by atoms with E-state index in [2.05, 4.69) is 41.9 Å². The summed E-state index contributed by atoms with van der Waals surface area (Å²) in [4.78, 5) is 15.0. The highest BCUT2D eigenvalue weighted by Gasteiger charge is 2.26. The van der Waals surface area contributed by atoms with Gasteiger partial charge in [-0.25, -0.2) is 8.42 Å². The fourth-order valence-electron chi connectivity index (χ4n) is 3.09. The molecule has 1 aliphatic heterocycles. The largest absolute Gasteiger partial charge is 0.378 e. The van der Waals surface area contributed by atoms with Gasteiger partial charge in [-0.15, -0.1) is 0 Å². The molecule has 3 N–H and O–H groups in total. The monoisotopic (exact) mass is 425 g/mol. The number of H-pyrrole nitrogens is 1. The van der Waals surface area contributed by atoms with Crippen LogP contribution < -0.4 is 15.6 Å². The van der Waals surface area contributed by atoms with Gasteiger partial charge in [0.1, 0.15) is 0 Å². The molecule has 1 aromatic heterocycles. The Balaban J connectivity index is 1.89. The van der Waals surface area contributed by atoms with Crippen molar-refractivity contribution in [1.29, 1.82) is 0 Å². The van der Waals surface area contributed by atoms with Crippen LogP contribution in [0.15, 0.2) is 71.2 Å². The molecule has 0 fully saturated rings. The average Bonchev–Trinajstić information content (AvgIpc) is 2.66. The number of pyridine rings is 1. The van der Waals surface area contributed by atoms with E-state index in [-0.39, 0.29) is 17.0 Å². The third-order valence-corrected chi connectivity index (χ3v) is 5.31. The van der Waals surface area contributed by atoms with Gasteiger partial charge in [0, 0.05) is 17.6 Å². The van der Waals surface area contributed by atoms with E-state index >= 15 is 0 Å². The standard InChI is InChI=1S/C23H27N3O3S/c1-23(2,3)21-15-17(14-20(25-21)19-6-5-13-24-22(19)27)8-7-16-9-11-18(12-10-16)26-30(4,28)29/h5-15,21,25-26H,1-4H3,(H,24,27)/b8-7+. The van der Waals surface area contributed by atoms with Crippen LogP contribution in [-0.2, 0) is 10.0 Å². The number of rotatable bonds is 5. The van der Waals surface area contributed by atoms with Crippen LogP contribution in [0.2, 0.25) is 0 Å². The van der Waals surface area contributed by atoms with Gasteiger partial charge in [-0.3, -0.25) is 9.52 Å². The molecule has 1 atom stereocenters. The summed E-state index contributed by atoms with van der Waals surface area (Å²) in [5.74, 6) is 0. The number of aromatic nitrogens is 1. The fourth-order valence-corrected chi connectivity index (χ4v) is 3.65. The first-order chi connectivity index (χ1) is 14.0. The van der Waals surface area contributed by atoms with E-state index in [0.717, 1.165) is 23.1 Å². The zero-order valence-electron chi connectivity index (χ0n) is 17.6. The fraction of sp³-hybridized carbons (Fsp3) is 0.261. The first-order valence-corrected chi connectivity index (χ1v) is 11.5. The molecule has 0 bridgehead atoms. The van der Waals surface area contributed by atoms with Crippen molar-refractivity contribution in [2.45, 2.75) is 26.8 Å². The Morgan fingerprint density at radius 3 is 2.37 bits per heavy atom. The minimum atomic E-state index is -3.30. The predicted molar refractivity (Wildman–Crippen MR) is 123 cm³/mol. The summed E-state index contributed by atoms with van der Waals surface area (Å²) in [6, 6.07) is 10.8. The van der Waals surface area contributed by atoms with E-state index in [1.807, 2.05) is 36.4 Å². The number of hydrogen-bond donors (Lipinski definition) is 3. The summed E-state index contributed by atoms with van der Waals surface area (Å²) in [5, 5.41) is 3.47. The Labute approximate surface area is 177 Å². The normalized spacial score (nSPS) is 17.3. The summed E-state index contributed by atoms with van der Waals surface area (Å²) in [6.45, 7) is 6.44. The van der Waals surface area contributed by atoms with E-state index < -0.39 is 10.0 Å². The molecule has 6 nitrogen and oxygen atoms in total. The molecule has 2 aromatic rings. The van der Waals surface area contributed by atoms with Crippen molar-refractivity contribution in [3.8, 4) is 0 Å². The van der Waals surface area contributed by atoms with Crippen LogP contribution in [0.25, 0.3) is 11.8 Å². The van der Waals surface area contributed by atoms with Crippen LogP contribution in [0.3, 0.4) is 0 Å². The van der Waals surface area contributed by atoms with Crippen LogP contribution in [0, 0.1) is 5.41 Å². The first kappa shape index (κ1) is 21.6. The van der Waals surface area contributed by atoms with Crippen molar-refractivity contribution < 1.29 is 8.42 Å². The van der Waals surface area contributed by atoms with Gasteiger partial charge < -0.3 is 10.3 Å². The van der Waals surface area contributed by atoms with Crippen molar-refractivity contribution in [3.05, 3.63) is 87.9 Å². The summed E-state index contributed by atoms with van der Waals surface area (Å²) >= 11 is 0. The molecular weight excluding hydrogens is 398 g/mol. The summed E-state index contributed by atoms with van der Waals surface area (Å²) in [7, 11) is -3.30. The maximum absolute atomic E-state index is 12.3. The average molecular weight is 426 g/mol. The number of sulfonamides is 1. The van der Waals surface area contributed by atoms with E-state index in [9.17, 15) is 13.2 Å².